The summed E-state index contributed by atoms with van der Waals surface area (Å²) < 4.78 is 0. The van der Waals surface area contributed by atoms with Crippen LogP contribution in [0.5, 0.6) is 0 Å². The maximum Gasteiger partial charge on any atom is 0.224 e. The number of benzene rings is 2. The van der Waals surface area contributed by atoms with Crippen LogP contribution in [-0.2, 0) is 4.79 Å². The van der Waals surface area contributed by atoms with Crippen LogP contribution in [0.4, 0.5) is 17.2 Å². The number of rotatable bonds is 9. The molecular formula is C26H27N5O2. The van der Waals surface area contributed by atoms with E-state index in [0.717, 1.165) is 24.2 Å². The number of anilines is 3. The van der Waals surface area contributed by atoms with Crippen molar-refractivity contribution in [1.29, 1.82) is 0 Å². The van der Waals surface area contributed by atoms with E-state index in [-0.39, 0.29) is 11.7 Å². The fourth-order valence-electron chi connectivity index (χ4n) is 3.65. The van der Waals surface area contributed by atoms with E-state index in [4.69, 9.17) is 0 Å². The van der Waals surface area contributed by atoms with Gasteiger partial charge in [-0.15, -0.1) is 0 Å². The van der Waals surface area contributed by atoms with Crippen molar-refractivity contribution in [3.63, 3.8) is 0 Å². The Bertz CT molecular complexity index is 1250. The molecule has 0 aliphatic rings. The Hall–Kier alpha value is -4.00. The van der Waals surface area contributed by atoms with Gasteiger partial charge in [-0.1, -0.05) is 50.6 Å². The molecule has 0 unspecified atom stereocenters. The van der Waals surface area contributed by atoms with Gasteiger partial charge in [0.15, 0.2) is 5.78 Å². The van der Waals surface area contributed by atoms with Gasteiger partial charge in [0.1, 0.15) is 17.8 Å². The summed E-state index contributed by atoms with van der Waals surface area (Å²) in [6.45, 7) is 4.31. The Morgan fingerprint density at radius 2 is 1.70 bits per heavy atom. The SMILES string of the molecule is CC(C)CCCC(=O)Nc1ccc(Nc2ncnc3[nH]cc(C(=O)c4ccccc4)c23)cc1. The molecule has 0 aliphatic heterocycles. The van der Waals surface area contributed by atoms with Crippen LogP contribution in [0.15, 0.2) is 67.1 Å². The molecule has 0 aliphatic carbocycles. The van der Waals surface area contributed by atoms with Crippen LogP contribution in [0.3, 0.4) is 0 Å². The Morgan fingerprint density at radius 1 is 0.970 bits per heavy atom. The third-order valence-electron chi connectivity index (χ3n) is 5.37. The molecule has 7 nitrogen and oxygen atoms in total. The van der Waals surface area contributed by atoms with E-state index < -0.39 is 0 Å². The second-order valence-electron chi connectivity index (χ2n) is 8.38. The molecule has 0 saturated carbocycles. The molecule has 168 valence electrons. The van der Waals surface area contributed by atoms with Gasteiger partial charge < -0.3 is 15.6 Å². The highest BCUT2D eigenvalue weighted by Gasteiger charge is 2.18. The number of fused-ring (bicyclic) bond motifs is 1. The highest BCUT2D eigenvalue weighted by Crippen LogP contribution is 2.28. The molecule has 4 rings (SSSR count). The lowest BCUT2D eigenvalue weighted by Gasteiger charge is -2.10. The zero-order valence-corrected chi connectivity index (χ0v) is 18.8. The Kier molecular flexibility index (Phi) is 6.78. The summed E-state index contributed by atoms with van der Waals surface area (Å²) in [6.07, 6.45) is 5.55. The van der Waals surface area contributed by atoms with Gasteiger partial charge >= 0.3 is 0 Å². The normalized spacial score (nSPS) is 11.0. The predicted molar refractivity (Wildman–Crippen MR) is 131 cm³/mol. The number of aromatic amines is 1. The first kappa shape index (κ1) is 22.2. The molecular weight excluding hydrogens is 414 g/mol. The minimum Gasteiger partial charge on any atom is -0.345 e. The third-order valence-corrected chi connectivity index (χ3v) is 5.37. The lowest BCUT2D eigenvalue weighted by molar-refractivity contribution is -0.116. The number of nitrogens with zero attached hydrogens (tertiary/aromatic N) is 2. The molecule has 0 bridgehead atoms. The number of carbonyl (C=O) groups excluding carboxylic acids is 2. The first-order chi connectivity index (χ1) is 16.0. The topological polar surface area (TPSA) is 99.8 Å². The molecule has 2 aromatic carbocycles. The average molecular weight is 442 g/mol. The third kappa shape index (κ3) is 5.44. The van der Waals surface area contributed by atoms with Gasteiger partial charge in [-0.3, -0.25) is 9.59 Å². The van der Waals surface area contributed by atoms with Gasteiger partial charge in [0.05, 0.1) is 10.9 Å². The van der Waals surface area contributed by atoms with Crippen LogP contribution in [0.1, 0.15) is 49.0 Å². The molecule has 0 spiro atoms. The van der Waals surface area contributed by atoms with Gasteiger partial charge in [-0.25, -0.2) is 9.97 Å². The molecule has 0 saturated heterocycles. The summed E-state index contributed by atoms with van der Waals surface area (Å²) in [4.78, 5) is 36.8. The van der Waals surface area contributed by atoms with Gasteiger partial charge in [-0.2, -0.15) is 0 Å². The van der Waals surface area contributed by atoms with Gasteiger partial charge in [0, 0.05) is 29.6 Å². The molecule has 0 atom stereocenters. The number of hydrogen-bond acceptors (Lipinski definition) is 5. The van der Waals surface area contributed by atoms with E-state index in [1.165, 1.54) is 6.33 Å². The molecule has 2 aromatic heterocycles. The summed E-state index contributed by atoms with van der Waals surface area (Å²) in [6, 6.07) is 16.5. The number of carbonyl (C=O) groups is 2. The molecule has 7 heteroatoms. The lowest BCUT2D eigenvalue weighted by atomic mass is 10.0. The fraction of sp³-hybridized carbons (Fsp3) is 0.231. The van der Waals surface area contributed by atoms with Crippen LogP contribution in [0.25, 0.3) is 11.0 Å². The fourth-order valence-corrected chi connectivity index (χ4v) is 3.65. The predicted octanol–water partition coefficient (Wildman–Crippen LogP) is 5.70. The lowest BCUT2D eigenvalue weighted by Crippen LogP contribution is -2.11. The van der Waals surface area contributed by atoms with Crippen molar-refractivity contribution < 1.29 is 9.59 Å². The number of H-pyrrole nitrogens is 1. The minimum atomic E-state index is -0.102. The molecule has 0 radical (unpaired) electrons. The van der Waals surface area contributed by atoms with E-state index in [9.17, 15) is 9.59 Å². The average Bonchev–Trinajstić information content (AvgIpc) is 3.25. The summed E-state index contributed by atoms with van der Waals surface area (Å²) in [5, 5.41) is 6.84. The highest BCUT2D eigenvalue weighted by molar-refractivity contribution is 6.18. The van der Waals surface area contributed by atoms with Crippen LogP contribution >= 0.6 is 0 Å². The second-order valence-corrected chi connectivity index (χ2v) is 8.38. The summed E-state index contributed by atoms with van der Waals surface area (Å²) >= 11 is 0. The van der Waals surface area contributed by atoms with Gasteiger partial charge in [0.25, 0.3) is 0 Å². The molecule has 3 N–H and O–H groups in total. The standard InChI is InChI=1S/C26H27N5O2/c1-17(2)7-6-10-22(32)30-19-11-13-20(14-12-19)31-26-23-21(15-27-25(23)28-16-29-26)24(33)18-8-4-3-5-9-18/h3-5,8-9,11-17H,6-7,10H2,1-2H3,(H,30,32)(H2,27,28,29,31). The van der Waals surface area contributed by atoms with Crippen LogP contribution in [0.2, 0.25) is 0 Å². The van der Waals surface area contributed by atoms with E-state index >= 15 is 0 Å². The van der Waals surface area contributed by atoms with Crippen molar-refractivity contribution in [1.82, 2.24) is 15.0 Å². The Morgan fingerprint density at radius 3 is 2.42 bits per heavy atom. The summed E-state index contributed by atoms with van der Waals surface area (Å²) in [5.41, 5.74) is 3.21. The number of nitrogens with one attached hydrogen (secondary N) is 3. The highest BCUT2D eigenvalue weighted by atomic mass is 16.1. The smallest absolute Gasteiger partial charge is 0.224 e. The molecule has 2 heterocycles. The molecule has 1 amide bonds. The van der Waals surface area contributed by atoms with Crippen molar-refractivity contribution >= 4 is 39.9 Å². The molecule has 33 heavy (non-hydrogen) atoms. The van der Waals surface area contributed by atoms with Crippen molar-refractivity contribution in [3.8, 4) is 0 Å². The van der Waals surface area contributed by atoms with Crippen molar-refractivity contribution in [2.75, 3.05) is 10.6 Å². The Labute approximate surface area is 192 Å². The van der Waals surface area contributed by atoms with E-state index in [1.54, 1.807) is 18.3 Å². The number of ketones is 1. The first-order valence-electron chi connectivity index (χ1n) is 11.1. The maximum absolute atomic E-state index is 13.0. The zero-order valence-electron chi connectivity index (χ0n) is 18.8. The number of hydrogen-bond donors (Lipinski definition) is 3. The van der Waals surface area contributed by atoms with Crippen LogP contribution in [-0.4, -0.2) is 26.6 Å². The van der Waals surface area contributed by atoms with Crippen molar-refractivity contribution in [3.05, 3.63) is 78.2 Å². The second kappa shape index (κ2) is 10.1. The summed E-state index contributed by atoms with van der Waals surface area (Å²) in [7, 11) is 0. The van der Waals surface area contributed by atoms with E-state index in [2.05, 4.69) is 39.4 Å². The minimum absolute atomic E-state index is 0.0188. The van der Waals surface area contributed by atoms with Crippen molar-refractivity contribution in [2.45, 2.75) is 33.1 Å². The van der Waals surface area contributed by atoms with Crippen LogP contribution < -0.4 is 10.6 Å². The zero-order chi connectivity index (χ0) is 23.2. The van der Waals surface area contributed by atoms with E-state index in [1.807, 2.05) is 42.5 Å². The maximum atomic E-state index is 13.0. The van der Waals surface area contributed by atoms with Crippen LogP contribution in [0, 0.1) is 5.92 Å². The van der Waals surface area contributed by atoms with Gasteiger partial charge in [0.2, 0.25) is 5.91 Å². The molecule has 4 aromatic rings. The van der Waals surface area contributed by atoms with Gasteiger partial charge in [-0.05, 0) is 36.6 Å². The Balaban J connectivity index is 1.50. The number of aromatic nitrogens is 3. The number of amides is 1. The quantitative estimate of drug-likeness (QED) is 0.289. The molecule has 0 fully saturated rings. The first-order valence-corrected chi connectivity index (χ1v) is 11.1. The van der Waals surface area contributed by atoms with Crippen molar-refractivity contribution in [2.24, 2.45) is 5.92 Å². The largest absolute Gasteiger partial charge is 0.345 e. The monoisotopic (exact) mass is 441 g/mol. The van der Waals surface area contributed by atoms with E-state index in [0.29, 0.717) is 40.3 Å². The summed E-state index contributed by atoms with van der Waals surface area (Å²) in [5.74, 6) is 1.05.